The van der Waals surface area contributed by atoms with Gasteiger partial charge in [0.25, 0.3) is 0 Å². The number of rotatable bonds is 6. The number of carbonyl (C=O) groups is 1. The first kappa shape index (κ1) is 13.7. The molecule has 0 bridgehead atoms. The van der Waals surface area contributed by atoms with E-state index in [0.717, 1.165) is 13.0 Å². The van der Waals surface area contributed by atoms with Gasteiger partial charge in [-0.3, -0.25) is 4.79 Å². The average molecular weight is 234 g/mol. The molecule has 0 atom stereocenters. The van der Waals surface area contributed by atoms with Gasteiger partial charge in [-0.2, -0.15) is 0 Å². The van der Waals surface area contributed by atoms with Crippen molar-refractivity contribution in [3.8, 4) is 0 Å². The second-order valence-electron chi connectivity index (χ2n) is 4.38. The Morgan fingerprint density at radius 2 is 2.00 bits per heavy atom. The van der Waals surface area contributed by atoms with E-state index >= 15 is 0 Å². The first-order valence-electron chi connectivity index (χ1n) is 6.11. The van der Waals surface area contributed by atoms with Gasteiger partial charge in [-0.15, -0.1) is 0 Å². The zero-order valence-corrected chi connectivity index (χ0v) is 11.0. The molecule has 17 heavy (non-hydrogen) atoms. The summed E-state index contributed by atoms with van der Waals surface area (Å²) in [5.41, 5.74) is 3.80. The summed E-state index contributed by atoms with van der Waals surface area (Å²) in [6, 6.07) is 6.38. The van der Waals surface area contributed by atoms with Gasteiger partial charge in [0, 0.05) is 19.5 Å². The molecular formula is C14H22N2O. The largest absolute Gasteiger partial charge is 0.355 e. The molecule has 0 heterocycles. The summed E-state index contributed by atoms with van der Waals surface area (Å²) < 4.78 is 0. The number of hydrogen-bond donors (Lipinski definition) is 2. The maximum Gasteiger partial charge on any atom is 0.220 e. The van der Waals surface area contributed by atoms with E-state index in [1.807, 2.05) is 7.05 Å². The van der Waals surface area contributed by atoms with Gasteiger partial charge in [0.1, 0.15) is 0 Å². The zero-order chi connectivity index (χ0) is 12.7. The minimum atomic E-state index is 0.125. The van der Waals surface area contributed by atoms with Gasteiger partial charge in [0.05, 0.1) is 0 Å². The molecule has 1 amide bonds. The number of hydrogen-bond acceptors (Lipinski definition) is 2. The van der Waals surface area contributed by atoms with Crippen LogP contribution in [0, 0.1) is 13.8 Å². The molecule has 0 spiro atoms. The van der Waals surface area contributed by atoms with Crippen LogP contribution in [0.25, 0.3) is 0 Å². The van der Waals surface area contributed by atoms with Gasteiger partial charge in [-0.05, 0) is 38.4 Å². The highest BCUT2D eigenvalue weighted by atomic mass is 16.1. The fourth-order valence-electron chi connectivity index (χ4n) is 1.79. The highest BCUT2D eigenvalue weighted by Crippen LogP contribution is 2.12. The van der Waals surface area contributed by atoms with E-state index in [1.54, 1.807) is 0 Å². The van der Waals surface area contributed by atoms with Gasteiger partial charge in [0.2, 0.25) is 5.91 Å². The summed E-state index contributed by atoms with van der Waals surface area (Å²) in [5.74, 6) is 0.125. The van der Waals surface area contributed by atoms with Crippen LogP contribution in [-0.2, 0) is 11.2 Å². The van der Waals surface area contributed by atoms with Crippen molar-refractivity contribution in [2.75, 3.05) is 20.1 Å². The third kappa shape index (κ3) is 5.00. The molecule has 94 valence electrons. The summed E-state index contributed by atoms with van der Waals surface area (Å²) in [6.45, 7) is 5.69. The molecule has 0 unspecified atom stereocenters. The summed E-state index contributed by atoms with van der Waals surface area (Å²) in [6.07, 6.45) is 1.38. The normalized spacial score (nSPS) is 10.3. The standard InChI is InChI=1S/C14H22N2O/c1-11-4-5-13(12(2)10-11)6-7-14(17)16-9-8-15-3/h4-5,10,15H,6-9H2,1-3H3,(H,16,17). The molecule has 1 aromatic carbocycles. The first-order valence-corrected chi connectivity index (χ1v) is 6.11. The highest BCUT2D eigenvalue weighted by molar-refractivity contribution is 5.76. The second-order valence-corrected chi connectivity index (χ2v) is 4.38. The monoisotopic (exact) mass is 234 g/mol. The highest BCUT2D eigenvalue weighted by Gasteiger charge is 2.03. The van der Waals surface area contributed by atoms with Crippen molar-refractivity contribution in [1.82, 2.24) is 10.6 Å². The number of aryl methyl sites for hydroxylation is 3. The van der Waals surface area contributed by atoms with Crippen LogP contribution < -0.4 is 10.6 Å². The van der Waals surface area contributed by atoms with E-state index < -0.39 is 0 Å². The van der Waals surface area contributed by atoms with Crippen molar-refractivity contribution >= 4 is 5.91 Å². The molecule has 0 aliphatic heterocycles. The van der Waals surface area contributed by atoms with Gasteiger partial charge >= 0.3 is 0 Å². The van der Waals surface area contributed by atoms with E-state index in [0.29, 0.717) is 13.0 Å². The van der Waals surface area contributed by atoms with Gasteiger partial charge in [-0.25, -0.2) is 0 Å². The van der Waals surface area contributed by atoms with Crippen molar-refractivity contribution in [3.05, 3.63) is 34.9 Å². The van der Waals surface area contributed by atoms with E-state index in [-0.39, 0.29) is 5.91 Å². The zero-order valence-electron chi connectivity index (χ0n) is 11.0. The summed E-state index contributed by atoms with van der Waals surface area (Å²) in [7, 11) is 1.88. The lowest BCUT2D eigenvalue weighted by molar-refractivity contribution is -0.121. The van der Waals surface area contributed by atoms with Crippen LogP contribution in [0.4, 0.5) is 0 Å². The van der Waals surface area contributed by atoms with Crippen molar-refractivity contribution in [1.29, 1.82) is 0 Å². The molecule has 2 N–H and O–H groups in total. The molecule has 1 aromatic rings. The van der Waals surface area contributed by atoms with Crippen LogP contribution in [0.3, 0.4) is 0 Å². The van der Waals surface area contributed by atoms with Gasteiger partial charge in [0.15, 0.2) is 0 Å². The van der Waals surface area contributed by atoms with Crippen LogP contribution in [0.15, 0.2) is 18.2 Å². The Kier molecular flexibility index (Phi) is 5.70. The summed E-state index contributed by atoms with van der Waals surface area (Å²) in [5, 5.41) is 5.88. The average Bonchev–Trinajstić information content (AvgIpc) is 2.28. The fraction of sp³-hybridized carbons (Fsp3) is 0.500. The van der Waals surface area contributed by atoms with Crippen LogP contribution in [-0.4, -0.2) is 26.0 Å². The molecule has 0 aliphatic carbocycles. The van der Waals surface area contributed by atoms with Gasteiger partial charge < -0.3 is 10.6 Å². The van der Waals surface area contributed by atoms with E-state index in [1.165, 1.54) is 16.7 Å². The number of benzene rings is 1. The molecular weight excluding hydrogens is 212 g/mol. The predicted octanol–water partition coefficient (Wildman–Crippen LogP) is 1.57. The number of likely N-dealkylation sites (N-methyl/N-ethyl adjacent to an activating group) is 1. The topological polar surface area (TPSA) is 41.1 Å². The second kappa shape index (κ2) is 7.07. The maximum absolute atomic E-state index is 11.5. The minimum absolute atomic E-state index is 0.125. The number of amides is 1. The smallest absolute Gasteiger partial charge is 0.220 e. The molecule has 3 nitrogen and oxygen atoms in total. The summed E-state index contributed by atoms with van der Waals surface area (Å²) in [4.78, 5) is 11.5. The van der Waals surface area contributed by atoms with Crippen molar-refractivity contribution < 1.29 is 4.79 Å². The molecule has 0 aromatic heterocycles. The Morgan fingerprint density at radius 1 is 1.24 bits per heavy atom. The maximum atomic E-state index is 11.5. The third-order valence-electron chi connectivity index (χ3n) is 2.82. The predicted molar refractivity (Wildman–Crippen MR) is 71.2 cm³/mol. The van der Waals surface area contributed by atoms with Crippen LogP contribution >= 0.6 is 0 Å². The Morgan fingerprint density at radius 3 is 2.65 bits per heavy atom. The Hall–Kier alpha value is -1.35. The van der Waals surface area contributed by atoms with Crippen LogP contribution in [0.1, 0.15) is 23.1 Å². The Balaban J connectivity index is 2.37. The van der Waals surface area contributed by atoms with Crippen molar-refractivity contribution in [2.24, 2.45) is 0 Å². The Labute approximate surface area is 104 Å². The third-order valence-corrected chi connectivity index (χ3v) is 2.82. The van der Waals surface area contributed by atoms with Gasteiger partial charge in [-0.1, -0.05) is 23.8 Å². The number of nitrogens with one attached hydrogen (secondary N) is 2. The van der Waals surface area contributed by atoms with Crippen LogP contribution in [0.5, 0.6) is 0 Å². The molecule has 0 aliphatic rings. The molecule has 3 heteroatoms. The van der Waals surface area contributed by atoms with Crippen molar-refractivity contribution in [3.63, 3.8) is 0 Å². The number of carbonyl (C=O) groups excluding carboxylic acids is 1. The van der Waals surface area contributed by atoms with Crippen LogP contribution in [0.2, 0.25) is 0 Å². The molecule has 0 fully saturated rings. The lowest BCUT2D eigenvalue weighted by Crippen LogP contribution is -2.30. The molecule has 1 rings (SSSR count). The molecule has 0 saturated heterocycles. The molecule has 0 radical (unpaired) electrons. The van der Waals surface area contributed by atoms with E-state index in [9.17, 15) is 4.79 Å². The van der Waals surface area contributed by atoms with E-state index in [2.05, 4.69) is 42.7 Å². The molecule has 0 saturated carbocycles. The van der Waals surface area contributed by atoms with Crippen molar-refractivity contribution in [2.45, 2.75) is 26.7 Å². The lowest BCUT2D eigenvalue weighted by atomic mass is 10.0. The first-order chi connectivity index (χ1) is 8.13. The fourth-order valence-corrected chi connectivity index (χ4v) is 1.79. The Bertz CT molecular complexity index is 374. The quantitative estimate of drug-likeness (QED) is 0.734. The minimum Gasteiger partial charge on any atom is -0.355 e. The lowest BCUT2D eigenvalue weighted by Gasteiger charge is -2.07. The summed E-state index contributed by atoms with van der Waals surface area (Å²) >= 11 is 0. The van der Waals surface area contributed by atoms with E-state index in [4.69, 9.17) is 0 Å². The SMILES string of the molecule is CNCCNC(=O)CCc1ccc(C)cc1C.